The Hall–Kier alpha value is -1.40. The third-order valence-electron chi connectivity index (χ3n) is 5.79. The molecule has 1 aromatic carbocycles. The highest BCUT2D eigenvalue weighted by Gasteiger charge is 2.41. The summed E-state index contributed by atoms with van der Waals surface area (Å²) in [4.78, 5) is 12.5. The molecule has 0 amide bonds. The zero-order valence-electron chi connectivity index (χ0n) is 16.7. The lowest BCUT2D eigenvalue weighted by Gasteiger charge is -2.23. The minimum absolute atomic E-state index is 0.0417. The van der Waals surface area contributed by atoms with Crippen molar-refractivity contribution in [3.05, 3.63) is 57.3 Å². The number of hydrogen-bond donors (Lipinski definition) is 2. The smallest absolute Gasteiger partial charge is 0.345 e. The molecule has 2 N–H and O–H groups in total. The van der Waals surface area contributed by atoms with Gasteiger partial charge in [-0.1, -0.05) is 31.2 Å². The van der Waals surface area contributed by atoms with Crippen LogP contribution in [0.1, 0.15) is 51.9 Å². The molecule has 0 saturated heterocycles. The van der Waals surface area contributed by atoms with Crippen molar-refractivity contribution < 1.29 is 19.7 Å². The summed E-state index contributed by atoms with van der Waals surface area (Å²) in [6.45, 7) is 3.19. The monoisotopic (exact) mass is 436 g/mol. The van der Waals surface area contributed by atoms with Crippen LogP contribution in [0.25, 0.3) is 0 Å². The van der Waals surface area contributed by atoms with E-state index in [1.54, 1.807) is 6.07 Å². The second kappa shape index (κ2) is 10.6. The van der Waals surface area contributed by atoms with Crippen molar-refractivity contribution in [3.63, 3.8) is 0 Å². The van der Waals surface area contributed by atoms with E-state index in [1.807, 2.05) is 6.07 Å². The molecule has 3 rings (SSSR count). The minimum atomic E-state index is -0.873. The summed E-state index contributed by atoms with van der Waals surface area (Å²) in [5.41, 5.74) is 2.45. The van der Waals surface area contributed by atoms with Crippen LogP contribution in [0.2, 0.25) is 0 Å². The Morgan fingerprint density at radius 3 is 2.76 bits per heavy atom. The molecule has 1 aliphatic rings. The number of benzene rings is 1. The van der Waals surface area contributed by atoms with Gasteiger partial charge in [-0.05, 0) is 61.3 Å². The van der Waals surface area contributed by atoms with Gasteiger partial charge in [0.05, 0.1) is 19.3 Å². The molecule has 0 radical (unpaired) electrons. The summed E-state index contributed by atoms with van der Waals surface area (Å²) in [5.74, 6) is -0.611. The SMILES string of the molecule is CCc1cccc(COCC2[C@@H](CCCc3ccc(C(=O)O)s3)C(Cl)C[C@H]2O)c1. The van der Waals surface area contributed by atoms with Gasteiger partial charge < -0.3 is 14.9 Å². The molecule has 2 unspecified atom stereocenters. The van der Waals surface area contributed by atoms with Crippen molar-refractivity contribution in [2.24, 2.45) is 11.8 Å². The Bertz CT molecular complexity index is 806. The summed E-state index contributed by atoms with van der Waals surface area (Å²) in [6, 6.07) is 12.0. The first-order valence-electron chi connectivity index (χ1n) is 10.3. The van der Waals surface area contributed by atoms with Crippen LogP contribution in [0.3, 0.4) is 0 Å². The molecule has 0 aliphatic heterocycles. The fourth-order valence-electron chi connectivity index (χ4n) is 4.15. The van der Waals surface area contributed by atoms with Gasteiger partial charge in [0, 0.05) is 16.2 Å². The maximum absolute atomic E-state index is 11.0. The van der Waals surface area contributed by atoms with E-state index in [0.717, 1.165) is 36.1 Å². The average molecular weight is 437 g/mol. The van der Waals surface area contributed by atoms with Gasteiger partial charge >= 0.3 is 5.97 Å². The Labute approximate surface area is 181 Å². The van der Waals surface area contributed by atoms with Gasteiger partial charge in [-0.3, -0.25) is 0 Å². The number of aryl methyl sites for hydroxylation is 2. The number of rotatable bonds is 10. The Morgan fingerprint density at radius 2 is 2.03 bits per heavy atom. The number of alkyl halides is 1. The zero-order valence-corrected chi connectivity index (χ0v) is 18.3. The number of aromatic carboxylic acids is 1. The molecule has 1 fully saturated rings. The number of halogens is 1. The first-order valence-corrected chi connectivity index (χ1v) is 11.5. The molecule has 1 aliphatic carbocycles. The maximum Gasteiger partial charge on any atom is 0.345 e. The highest BCUT2D eigenvalue weighted by Crippen LogP contribution is 2.39. The third kappa shape index (κ3) is 6.05. The number of hydrogen-bond acceptors (Lipinski definition) is 4. The van der Waals surface area contributed by atoms with Gasteiger partial charge in [0.15, 0.2) is 0 Å². The maximum atomic E-state index is 11.0. The lowest BCUT2D eigenvalue weighted by atomic mass is 9.90. The molecule has 158 valence electrons. The highest BCUT2D eigenvalue weighted by atomic mass is 35.5. The fourth-order valence-corrected chi connectivity index (χ4v) is 5.54. The Balaban J connectivity index is 1.49. The van der Waals surface area contributed by atoms with Crippen LogP contribution in [0, 0.1) is 11.8 Å². The number of carboxylic acid groups (broad SMARTS) is 1. The van der Waals surface area contributed by atoms with Crippen LogP contribution in [-0.2, 0) is 24.2 Å². The first-order chi connectivity index (χ1) is 14.0. The van der Waals surface area contributed by atoms with E-state index in [9.17, 15) is 9.90 Å². The van der Waals surface area contributed by atoms with E-state index in [-0.39, 0.29) is 17.2 Å². The molecule has 1 aromatic heterocycles. The van der Waals surface area contributed by atoms with E-state index < -0.39 is 12.1 Å². The summed E-state index contributed by atoms with van der Waals surface area (Å²) in [7, 11) is 0. The van der Waals surface area contributed by atoms with Crippen molar-refractivity contribution in [1.82, 2.24) is 0 Å². The van der Waals surface area contributed by atoms with Crippen LogP contribution in [0.4, 0.5) is 0 Å². The van der Waals surface area contributed by atoms with Crippen molar-refractivity contribution in [2.45, 2.75) is 57.1 Å². The van der Waals surface area contributed by atoms with Crippen LogP contribution < -0.4 is 0 Å². The molecule has 1 heterocycles. The lowest BCUT2D eigenvalue weighted by molar-refractivity contribution is 0.0200. The van der Waals surface area contributed by atoms with Crippen molar-refractivity contribution in [3.8, 4) is 0 Å². The van der Waals surface area contributed by atoms with Gasteiger partial charge in [0.25, 0.3) is 0 Å². The summed E-state index contributed by atoms with van der Waals surface area (Å²) >= 11 is 7.87. The molecular weight excluding hydrogens is 408 g/mol. The minimum Gasteiger partial charge on any atom is -0.477 e. The van der Waals surface area contributed by atoms with Crippen LogP contribution in [0.15, 0.2) is 36.4 Å². The number of aliphatic hydroxyl groups excluding tert-OH is 1. The number of thiophene rings is 1. The van der Waals surface area contributed by atoms with Gasteiger partial charge in [-0.2, -0.15) is 0 Å². The molecular formula is C23H29ClO4S. The Kier molecular flexibility index (Phi) is 8.13. The molecule has 4 atom stereocenters. The normalized spacial score (nSPS) is 24.1. The average Bonchev–Trinajstić information content (AvgIpc) is 3.28. The third-order valence-corrected chi connectivity index (χ3v) is 7.42. The lowest BCUT2D eigenvalue weighted by Crippen LogP contribution is -2.26. The fraction of sp³-hybridized carbons (Fsp3) is 0.522. The van der Waals surface area contributed by atoms with Crippen molar-refractivity contribution in [2.75, 3.05) is 6.61 Å². The summed E-state index contributed by atoms with van der Waals surface area (Å²) < 4.78 is 5.96. The van der Waals surface area contributed by atoms with E-state index in [2.05, 4.69) is 31.2 Å². The second-order valence-electron chi connectivity index (χ2n) is 7.80. The Morgan fingerprint density at radius 1 is 1.24 bits per heavy atom. The summed E-state index contributed by atoms with van der Waals surface area (Å²) in [6.07, 6.45) is 3.85. The number of ether oxygens (including phenoxy) is 1. The van der Waals surface area contributed by atoms with Crippen LogP contribution in [-0.4, -0.2) is 34.3 Å². The second-order valence-corrected chi connectivity index (χ2v) is 9.53. The predicted molar refractivity (Wildman–Crippen MR) is 117 cm³/mol. The van der Waals surface area contributed by atoms with Gasteiger partial charge in [0.2, 0.25) is 0 Å². The quantitative estimate of drug-likeness (QED) is 0.505. The largest absolute Gasteiger partial charge is 0.477 e. The molecule has 6 heteroatoms. The predicted octanol–water partition coefficient (Wildman–Crippen LogP) is 5.15. The summed E-state index contributed by atoms with van der Waals surface area (Å²) in [5, 5.41) is 19.5. The number of carbonyl (C=O) groups is 1. The van der Waals surface area contributed by atoms with Gasteiger partial charge in [-0.15, -0.1) is 22.9 Å². The topological polar surface area (TPSA) is 66.8 Å². The standard InChI is InChI=1S/C23H29ClO4S/c1-2-15-5-3-6-16(11-15)13-28-14-19-18(20(24)12-21(19)25)8-4-7-17-9-10-22(29-17)23(26)27/h3,5-6,9-11,18-21,25H,2,4,7-8,12-14H2,1H3,(H,26,27)/t18-,19?,20?,21-/m1/s1. The van der Waals surface area contributed by atoms with E-state index in [0.29, 0.717) is 24.5 Å². The molecule has 4 nitrogen and oxygen atoms in total. The molecule has 29 heavy (non-hydrogen) atoms. The molecule has 0 spiro atoms. The number of aliphatic hydroxyl groups is 1. The van der Waals surface area contributed by atoms with Crippen molar-refractivity contribution in [1.29, 1.82) is 0 Å². The zero-order chi connectivity index (χ0) is 20.8. The van der Waals surface area contributed by atoms with E-state index in [4.69, 9.17) is 21.4 Å². The van der Waals surface area contributed by atoms with E-state index in [1.165, 1.54) is 16.9 Å². The molecule has 1 saturated carbocycles. The van der Waals surface area contributed by atoms with Crippen LogP contribution >= 0.6 is 22.9 Å². The van der Waals surface area contributed by atoms with Crippen molar-refractivity contribution >= 4 is 28.9 Å². The van der Waals surface area contributed by atoms with E-state index >= 15 is 0 Å². The van der Waals surface area contributed by atoms with Crippen LogP contribution in [0.5, 0.6) is 0 Å². The van der Waals surface area contributed by atoms with Gasteiger partial charge in [-0.25, -0.2) is 4.79 Å². The number of carboxylic acids is 1. The molecule has 0 bridgehead atoms. The highest BCUT2D eigenvalue weighted by molar-refractivity contribution is 7.13. The van der Waals surface area contributed by atoms with Gasteiger partial charge in [0.1, 0.15) is 4.88 Å². The molecule has 2 aromatic rings. The first kappa shape index (κ1) is 22.3.